The van der Waals surface area contributed by atoms with Gasteiger partial charge in [0.15, 0.2) is 5.78 Å². The van der Waals surface area contributed by atoms with Crippen LogP contribution in [0.25, 0.3) is 0 Å². The molecule has 0 saturated heterocycles. The Morgan fingerprint density at radius 2 is 1.75 bits per heavy atom. The number of H-pyrrole nitrogens is 1. The number of aromatic nitrogens is 1. The van der Waals surface area contributed by atoms with Crippen LogP contribution in [0.3, 0.4) is 0 Å². The molecule has 0 unspecified atom stereocenters. The first-order valence-electron chi connectivity index (χ1n) is 6.09. The SMILES string of the molecule is CC(=O)c1ccc(NC(=O)c2c(C)cc[nH]c2=O)cc1. The van der Waals surface area contributed by atoms with Crippen LogP contribution in [-0.2, 0) is 0 Å². The van der Waals surface area contributed by atoms with Gasteiger partial charge in [-0.1, -0.05) is 0 Å². The maximum Gasteiger partial charge on any atom is 0.261 e. The molecule has 0 spiro atoms. The molecule has 102 valence electrons. The van der Waals surface area contributed by atoms with Crippen LogP contribution in [0.5, 0.6) is 0 Å². The van der Waals surface area contributed by atoms with Gasteiger partial charge >= 0.3 is 0 Å². The number of benzene rings is 1. The van der Waals surface area contributed by atoms with Crippen LogP contribution in [0.15, 0.2) is 41.3 Å². The van der Waals surface area contributed by atoms with Gasteiger partial charge in [0.25, 0.3) is 11.5 Å². The number of ketones is 1. The van der Waals surface area contributed by atoms with E-state index in [1.807, 2.05) is 0 Å². The van der Waals surface area contributed by atoms with Gasteiger partial charge in [-0.3, -0.25) is 14.4 Å². The summed E-state index contributed by atoms with van der Waals surface area (Å²) in [5.41, 5.74) is 1.36. The number of carbonyl (C=O) groups excluding carboxylic acids is 2. The van der Waals surface area contributed by atoms with Crippen molar-refractivity contribution in [1.29, 1.82) is 0 Å². The van der Waals surface area contributed by atoms with Crippen molar-refractivity contribution in [3.8, 4) is 0 Å². The molecule has 2 aromatic rings. The molecule has 0 radical (unpaired) electrons. The maximum absolute atomic E-state index is 12.1. The first-order valence-corrected chi connectivity index (χ1v) is 6.09. The van der Waals surface area contributed by atoms with Crippen molar-refractivity contribution in [2.24, 2.45) is 0 Å². The number of hydrogen-bond acceptors (Lipinski definition) is 3. The van der Waals surface area contributed by atoms with Crippen molar-refractivity contribution in [2.75, 3.05) is 5.32 Å². The molecule has 2 N–H and O–H groups in total. The van der Waals surface area contributed by atoms with Crippen LogP contribution >= 0.6 is 0 Å². The van der Waals surface area contributed by atoms with E-state index in [1.54, 1.807) is 37.3 Å². The number of carbonyl (C=O) groups is 2. The van der Waals surface area contributed by atoms with Crippen LogP contribution in [0.1, 0.15) is 33.2 Å². The van der Waals surface area contributed by atoms with Crippen molar-refractivity contribution >= 4 is 17.4 Å². The number of aryl methyl sites for hydroxylation is 1. The smallest absolute Gasteiger partial charge is 0.261 e. The molecular weight excluding hydrogens is 256 g/mol. The summed E-state index contributed by atoms with van der Waals surface area (Å²) in [5.74, 6) is -0.516. The monoisotopic (exact) mass is 270 g/mol. The molecular formula is C15H14N2O3. The van der Waals surface area contributed by atoms with E-state index in [1.165, 1.54) is 13.1 Å². The van der Waals surface area contributed by atoms with E-state index in [2.05, 4.69) is 10.3 Å². The van der Waals surface area contributed by atoms with Crippen LogP contribution in [0.4, 0.5) is 5.69 Å². The average Bonchev–Trinajstić information content (AvgIpc) is 2.39. The number of anilines is 1. The zero-order valence-corrected chi connectivity index (χ0v) is 11.2. The molecule has 0 bridgehead atoms. The third kappa shape index (κ3) is 2.83. The minimum absolute atomic E-state index is 0.0433. The molecule has 1 aromatic carbocycles. The number of Topliss-reactive ketones (excluding diaryl/α,β-unsaturated/α-hetero) is 1. The lowest BCUT2D eigenvalue weighted by molar-refractivity contribution is 0.101. The highest BCUT2D eigenvalue weighted by Gasteiger charge is 2.13. The van der Waals surface area contributed by atoms with Crippen LogP contribution in [-0.4, -0.2) is 16.7 Å². The molecule has 0 aliphatic heterocycles. The average molecular weight is 270 g/mol. The van der Waals surface area contributed by atoms with Gasteiger partial charge in [-0.05, 0) is 49.7 Å². The van der Waals surface area contributed by atoms with Gasteiger partial charge in [0.05, 0.1) is 0 Å². The summed E-state index contributed by atoms with van der Waals surface area (Å²) < 4.78 is 0. The second-order valence-corrected chi connectivity index (χ2v) is 4.45. The third-order valence-corrected chi connectivity index (χ3v) is 2.95. The highest BCUT2D eigenvalue weighted by atomic mass is 16.2. The minimum atomic E-state index is -0.472. The Labute approximate surface area is 115 Å². The molecule has 0 aliphatic rings. The quantitative estimate of drug-likeness (QED) is 0.839. The van der Waals surface area contributed by atoms with Crippen molar-refractivity contribution in [3.05, 3.63) is 63.6 Å². The Hall–Kier alpha value is -2.69. The summed E-state index contributed by atoms with van der Waals surface area (Å²) in [4.78, 5) is 37.4. The van der Waals surface area contributed by atoms with Crippen molar-refractivity contribution < 1.29 is 9.59 Å². The fraction of sp³-hybridized carbons (Fsp3) is 0.133. The van der Waals surface area contributed by atoms with Gasteiger partial charge < -0.3 is 10.3 Å². The number of rotatable bonds is 3. The van der Waals surface area contributed by atoms with E-state index in [4.69, 9.17) is 0 Å². The highest BCUT2D eigenvalue weighted by molar-refractivity contribution is 6.05. The molecule has 5 nitrogen and oxygen atoms in total. The normalized spacial score (nSPS) is 10.1. The lowest BCUT2D eigenvalue weighted by Crippen LogP contribution is -2.24. The fourth-order valence-corrected chi connectivity index (χ4v) is 1.84. The maximum atomic E-state index is 12.1. The molecule has 0 aliphatic carbocycles. The van der Waals surface area contributed by atoms with Gasteiger partial charge in [-0.15, -0.1) is 0 Å². The lowest BCUT2D eigenvalue weighted by Gasteiger charge is -2.07. The van der Waals surface area contributed by atoms with Gasteiger partial charge in [0.1, 0.15) is 5.56 Å². The Morgan fingerprint density at radius 1 is 1.10 bits per heavy atom. The third-order valence-electron chi connectivity index (χ3n) is 2.95. The Bertz CT molecular complexity index is 715. The predicted octanol–water partition coefficient (Wildman–Crippen LogP) is 2.14. The number of aromatic amines is 1. The molecule has 5 heteroatoms. The molecule has 2 rings (SSSR count). The van der Waals surface area contributed by atoms with Gasteiger partial charge in [-0.25, -0.2) is 0 Å². The fourth-order valence-electron chi connectivity index (χ4n) is 1.84. The Kier molecular flexibility index (Phi) is 3.79. The largest absolute Gasteiger partial charge is 0.328 e. The molecule has 0 saturated carbocycles. The van der Waals surface area contributed by atoms with Crippen molar-refractivity contribution in [2.45, 2.75) is 13.8 Å². The van der Waals surface area contributed by atoms with Crippen molar-refractivity contribution in [3.63, 3.8) is 0 Å². The summed E-state index contributed by atoms with van der Waals surface area (Å²) >= 11 is 0. The van der Waals surface area contributed by atoms with Crippen LogP contribution in [0.2, 0.25) is 0 Å². The molecule has 0 fully saturated rings. The molecule has 1 heterocycles. The van der Waals surface area contributed by atoms with E-state index < -0.39 is 11.5 Å². The number of hydrogen-bond donors (Lipinski definition) is 2. The first-order chi connectivity index (χ1) is 9.49. The van der Waals surface area contributed by atoms with E-state index in [-0.39, 0.29) is 11.3 Å². The standard InChI is InChI=1S/C15H14N2O3/c1-9-7-8-16-14(19)13(9)15(20)17-12-5-3-11(4-6-12)10(2)18/h3-8H,1-2H3,(H,16,19)(H,17,20). The van der Waals surface area contributed by atoms with Gasteiger partial charge in [-0.2, -0.15) is 0 Å². The summed E-state index contributed by atoms with van der Waals surface area (Å²) in [6, 6.07) is 8.16. The number of nitrogens with one attached hydrogen (secondary N) is 2. The minimum Gasteiger partial charge on any atom is -0.328 e. The molecule has 20 heavy (non-hydrogen) atoms. The van der Waals surface area contributed by atoms with Crippen LogP contribution < -0.4 is 10.9 Å². The summed E-state index contributed by atoms with van der Waals surface area (Å²) in [6.07, 6.45) is 1.50. The van der Waals surface area contributed by atoms with E-state index >= 15 is 0 Å². The second kappa shape index (κ2) is 5.52. The highest BCUT2D eigenvalue weighted by Crippen LogP contribution is 2.12. The summed E-state index contributed by atoms with van der Waals surface area (Å²) in [7, 11) is 0. The molecule has 1 amide bonds. The Morgan fingerprint density at radius 3 is 2.30 bits per heavy atom. The number of pyridine rings is 1. The first kappa shape index (κ1) is 13.7. The molecule has 0 atom stereocenters. The van der Waals surface area contributed by atoms with E-state index in [9.17, 15) is 14.4 Å². The van der Waals surface area contributed by atoms with Crippen LogP contribution in [0, 0.1) is 6.92 Å². The molecule has 1 aromatic heterocycles. The summed E-state index contributed by atoms with van der Waals surface area (Å²) in [6.45, 7) is 3.17. The number of amides is 1. The predicted molar refractivity (Wildman–Crippen MR) is 76.2 cm³/mol. The van der Waals surface area contributed by atoms with Crippen molar-refractivity contribution in [1.82, 2.24) is 4.98 Å². The van der Waals surface area contributed by atoms with Gasteiger partial charge in [0, 0.05) is 17.4 Å². The summed E-state index contributed by atoms with van der Waals surface area (Å²) in [5, 5.41) is 2.64. The van der Waals surface area contributed by atoms with E-state index in [0.717, 1.165) is 0 Å². The Balaban J connectivity index is 2.24. The van der Waals surface area contributed by atoms with Gasteiger partial charge in [0.2, 0.25) is 0 Å². The second-order valence-electron chi connectivity index (χ2n) is 4.45. The zero-order valence-electron chi connectivity index (χ0n) is 11.2. The topological polar surface area (TPSA) is 79.0 Å². The lowest BCUT2D eigenvalue weighted by atomic mass is 10.1. The van der Waals surface area contributed by atoms with E-state index in [0.29, 0.717) is 16.8 Å². The zero-order chi connectivity index (χ0) is 14.7.